The quantitative estimate of drug-likeness (QED) is 0.620. The van der Waals surface area contributed by atoms with Crippen LogP contribution in [0.5, 0.6) is 0 Å². The number of benzene rings is 1. The highest BCUT2D eigenvalue weighted by Crippen LogP contribution is 2.26. The van der Waals surface area contributed by atoms with E-state index in [9.17, 15) is 0 Å². The summed E-state index contributed by atoms with van der Waals surface area (Å²) in [4.78, 5) is 12.7. The third-order valence-corrected chi connectivity index (χ3v) is 5.19. The number of hydrogen-bond donors (Lipinski definition) is 0. The molecule has 0 bridgehead atoms. The van der Waals surface area contributed by atoms with Gasteiger partial charge in [0.05, 0.1) is 5.69 Å². The zero-order valence-corrected chi connectivity index (χ0v) is 15.0. The van der Waals surface area contributed by atoms with E-state index in [1.807, 2.05) is 30.5 Å². The van der Waals surface area contributed by atoms with E-state index in [2.05, 4.69) is 21.1 Å². The van der Waals surface area contributed by atoms with Crippen LogP contribution in [0.1, 0.15) is 35.2 Å². The molecule has 5 heteroatoms. The molecule has 0 unspecified atom stereocenters. The van der Waals surface area contributed by atoms with Crippen molar-refractivity contribution in [2.24, 2.45) is 5.16 Å². The van der Waals surface area contributed by atoms with Gasteiger partial charge >= 0.3 is 0 Å². The van der Waals surface area contributed by atoms with Crippen LogP contribution in [-0.4, -0.2) is 41.8 Å². The monoisotopic (exact) mass is 355 g/mol. The Morgan fingerprint density at radius 3 is 2.84 bits per heavy atom. The number of nitrogens with zero attached hydrogens (tertiary/aromatic N) is 3. The second-order valence-electron chi connectivity index (χ2n) is 6.63. The lowest BCUT2D eigenvalue weighted by Gasteiger charge is -2.14. The van der Waals surface area contributed by atoms with E-state index in [0.29, 0.717) is 6.61 Å². The summed E-state index contributed by atoms with van der Waals surface area (Å²) in [6.45, 7) is 3.88. The van der Waals surface area contributed by atoms with Crippen LogP contribution in [0.25, 0.3) is 0 Å². The van der Waals surface area contributed by atoms with Crippen molar-refractivity contribution in [3.05, 3.63) is 63.9 Å². The number of aryl methyl sites for hydroxylation is 2. The van der Waals surface area contributed by atoms with Crippen molar-refractivity contribution in [2.75, 3.05) is 26.2 Å². The first-order valence-electron chi connectivity index (χ1n) is 8.96. The molecule has 0 N–H and O–H groups in total. The molecule has 1 aliphatic carbocycles. The van der Waals surface area contributed by atoms with E-state index in [0.717, 1.165) is 41.4 Å². The first kappa shape index (κ1) is 16.6. The maximum absolute atomic E-state index is 6.20. The molecule has 1 fully saturated rings. The predicted molar refractivity (Wildman–Crippen MR) is 100 cm³/mol. The summed E-state index contributed by atoms with van der Waals surface area (Å²) in [5, 5.41) is 5.26. The molecule has 0 atom stereocenters. The van der Waals surface area contributed by atoms with Gasteiger partial charge in [-0.25, -0.2) is 0 Å². The van der Waals surface area contributed by atoms with E-state index < -0.39 is 0 Å². The maximum Gasteiger partial charge on any atom is 0.136 e. The molecule has 2 aromatic rings. The summed E-state index contributed by atoms with van der Waals surface area (Å²) in [5.41, 5.74) is 5.22. The van der Waals surface area contributed by atoms with E-state index >= 15 is 0 Å². The molecule has 0 spiro atoms. The highest BCUT2D eigenvalue weighted by molar-refractivity contribution is 6.31. The highest BCUT2D eigenvalue weighted by atomic mass is 35.5. The molecule has 1 saturated heterocycles. The van der Waals surface area contributed by atoms with Gasteiger partial charge in [-0.1, -0.05) is 28.9 Å². The third-order valence-electron chi connectivity index (χ3n) is 4.95. The van der Waals surface area contributed by atoms with Crippen LogP contribution in [0.4, 0.5) is 0 Å². The Morgan fingerprint density at radius 1 is 1.12 bits per heavy atom. The fraction of sp³-hybridized carbons (Fsp3) is 0.400. The lowest BCUT2D eigenvalue weighted by Crippen LogP contribution is -2.23. The summed E-state index contributed by atoms with van der Waals surface area (Å²) in [6, 6.07) is 10.1. The molecule has 0 amide bonds. The van der Waals surface area contributed by atoms with Gasteiger partial charge in [0, 0.05) is 23.3 Å². The second kappa shape index (κ2) is 7.54. The van der Waals surface area contributed by atoms with Crippen LogP contribution in [-0.2, 0) is 17.7 Å². The van der Waals surface area contributed by atoms with Crippen LogP contribution in [0.15, 0.2) is 41.7 Å². The molecular formula is C20H22ClN3O. The van der Waals surface area contributed by atoms with Crippen molar-refractivity contribution in [1.29, 1.82) is 0 Å². The lowest BCUT2D eigenvalue weighted by atomic mass is 10.0. The molecule has 2 heterocycles. The van der Waals surface area contributed by atoms with E-state index in [4.69, 9.17) is 16.4 Å². The number of fused-ring (bicyclic) bond motifs is 2. The number of pyridine rings is 1. The molecule has 1 aliphatic heterocycles. The number of likely N-dealkylation sites (tertiary alicyclic amines) is 1. The Morgan fingerprint density at radius 2 is 1.96 bits per heavy atom. The van der Waals surface area contributed by atoms with Crippen LogP contribution in [0.3, 0.4) is 0 Å². The van der Waals surface area contributed by atoms with Crippen molar-refractivity contribution in [1.82, 2.24) is 9.88 Å². The molecule has 1 aromatic heterocycles. The van der Waals surface area contributed by atoms with Gasteiger partial charge in [-0.05, 0) is 68.1 Å². The number of hydrogen-bond acceptors (Lipinski definition) is 4. The Bertz CT molecular complexity index is 784. The van der Waals surface area contributed by atoms with Crippen LogP contribution in [0.2, 0.25) is 5.02 Å². The SMILES string of the molecule is Clc1ccc2c(c1)CCc1cccnc1/C2=N/OCCN1CCCC1. The Kier molecular flexibility index (Phi) is 4.99. The molecule has 25 heavy (non-hydrogen) atoms. The topological polar surface area (TPSA) is 37.7 Å². The minimum Gasteiger partial charge on any atom is -0.394 e. The predicted octanol–water partition coefficient (Wildman–Crippen LogP) is 3.70. The van der Waals surface area contributed by atoms with Crippen LogP contribution < -0.4 is 0 Å². The maximum atomic E-state index is 6.20. The normalized spacial score (nSPS) is 18.7. The summed E-state index contributed by atoms with van der Waals surface area (Å²) in [5.74, 6) is 0. The van der Waals surface area contributed by atoms with Crippen molar-refractivity contribution < 1.29 is 4.84 Å². The summed E-state index contributed by atoms with van der Waals surface area (Å²) in [7, 11) is 0. The van der Waals surface area contributed by atoms with E-state index in [1.54, 1.807) is 0 Å². The molecule has 1 aromatic carbocycles. The standard InChI is InChI=1S/C20H22ClN3O/c21-17-7-8-18-16(14-17)6-5-15-4-3-9-22-19(15)20(18)23-25-13-12-24-10-1-2-11-24/h3-4,7-9,14H,1-2,5-6,10-13H2/b23-20+. The largest absolute Gasteiger partial charge is 0.394 e. The van der Waals surface area contributed by atoms with Gasteiger partial charge in [0.25, 0.3) is 0 Å². The van der Waals surface area contributed by atoms with Gasteiger partial charge in [0.1, 0.15) is 12.3 Å². The minimum absolute atomic E-state index is 0.606. The lowest BCUT2D eigenvalue weighted by molar-refractivity contribution is 0.119. The van der Waals surface area contributed by atoms with Crippen molar-refractivity contribution in [3.63, 3.8) is 0 Å². The molecule has 0 radical (unpaired) electrons. The van der Waals surface area contributed by atoms with Crippen LogP contribution >= 0.6 is 11.6 Å². The molecule has 130 valence electrons. The number of rotatable bonds is 4. The molecule has 4 rings (SSSR count). The van der Waals surface area contributed by atoms with Crippen molar-refractivity contribution in [3.8, 4) is 0 Å². The Labute approximate surface area is 153 Å². The van der Waals surface area contributed by atoms with Gasteiger partial charge in [-0.2, -0.15) is 0 Å². The summed E-state index contributed by atoms with van der Waals surface area (Å²) in [6.07, 6.45) is 6.27. The third kappa shape index (κ3) is 3.70. The Balaban J connectivity index is 1.61. The van der Waals surface area contributed by atoms with Gasteiger partial charge in [-0.15, -0.1) is 0 Å². The molecule has 2 aliphatic rings. The smallest absolute Gasteiger partial charge is 0.136 e. The first-order chi connectivity index (χ1) is 12.3. The van der Waals surface area contributed by atoms with Gasteiger partial charge in [-0.3, -0.25) is 9.88 Å². The summed E-state index contributed by atoms with van der Waals surface area (Å²) >= 11 is 6.20. The number of aromatic nitrogens is 1. The minimum atomic E-state index is 0.606. The zero-order chi connectivity index (χ0) is 17.1. The second-order valence-corrected chi connectivity index (χ2v) is 7.07. The first-order valence-corrected chi connectivity index (χ1v) is 9.34. The average Bonchev–Trinajstić information content (AvgIpc) is 3.09. The van der Waals surface area contributed by atoms with Gasteiger partial charge < -0.3 is 4.84 Å². The fourth-order valence-electron chi connectivity index (χ4n) is 3.63. The number of halogens is 1. The average molecular weight is 356 g/mol. The van der Waals surface area contributed by atoms with Crippen molar-refractivity contribution >= 4 is 17.3 Å². The van der Waals surface area contributed by atoms with Crippen molar-refractivity contribution in [2.45, 2.75) is 25.7 Å². The zero-order valence-electron chi connectivity index (χ0n) is 14.2. The van der Waals surface area contributed by atoms with Gasteiger partial charge in [0.15, 0.2) is 0 Å². The van der Waals surface area contributed by atoms with E-state index in [-0.39, 0.29) is 0 Å². The fourth-order valence-corrected chi connectivity index (χ4v) is 3.82. The highest BCUT2D eigenvalue weighted by Gasteiger charge is 2.21. The Hall–Kier alpha value is -1.91. The number of oxime groups is 1. The molecule has 4 nitrogen and oxygen atoms in total. The molecular weight excluding hydrogens is 334 g/mol. The van der Waals surface area contributed by atoms with Crippen LogP contribution in [0, 0.1) is 0 Å². The van der Waals surface area contributed by atoms with E-state index in [1.165, 1.54) is 37.1 Å². The molecule has 0 saturated carbocycles. The van der Waals surface area contributed by atoms with Gasteiger partial charge in [0.2, 0.25) is 0 Å². The summed E-state index contributed by atoms with van der Waals surface area (Å²) < 4.78 is 0.